The topological polar surface area (TPSA) is 126 Å². The fourth-order valence-electron chi connectivity index (χ4n) is 4.18. The number of benzene rings is 1. The molecule has 3 N–H and O–H groups in total. The highest BCUT2D eigenvalue weighted by Gasteiger charge is 2.36. The van der Waals surface area contributed by atoms with Crippen molar-refractivity contribution in [3.63, 3.8) is 0 Å². The molecule has 0 unspecified atom stereocenters. The summed E-state index contributed by atoms with van der Waals surface area (Å²) in [6, 6.07) is 4.97. The molecule has 0 amide bonds. The number of aliphatic hydroxyl groups excluding tert-OH is 1. The summed E-state index contributed by atoms with van der Waals surface area (Å²) in [6.45, 7) is 7.02. The van der Waals surface area contributed by atoms with Gasteiger partial charge in [-0.1, -0.05) is 11.3 Å². The molecule has 11 heteroatoms. The van der Waals surface area contributed by atoms with Crippen molar-refractivity contribution in [3.05, 3.63) is 28.9 Å². The fourth-order valence-corrected chi connectivity index (χ4v) is 6.79. The molecule has 9 nitrogen and oxygen atoms in total. The number of aryl methyl sites for hydroxylation is 1. The molecular weight excluding hydrogens is 464 g/mol. The number of sulfonamides is 1. The number of hydrogen-bond donors (Lipinski definition) is 3. The van der Waals surface area contributed by atoms with Gasteiger partial charge in [-0.05, 0) is 71.6 Å². The average Bonchev–Trinajstić information content (AvgIpc) is 3.26. The molecule has 0 saturated heterocycles. The SMILES string of the molecule is COc1ccc(-c2c(C)nc3sc(C(C)(C)O)nn23)cc1S(=O)(=O)NC1(C)CCC(O)CC1. The Bertz CT molecular complexity index is 1280. The van der Waals surface area contributed by atoms with E-state index in [0.29, 0.717) is 52.6 Å². The third-order valence-corrected chi connectivity index (χ3v) is 8.95. The van der Waals surface area contributed by atoms with Gasteiger partial charge >= 0.3 is 0 Å². The molecule has 1 aliphatic carbocycles. The van der Waals surface area contributed by atoms with Crippen molar-refractivity contribution in [2.75, 3.05) is 7.11 Å². The highest BCUT2D eigenvalue weighted by Crippen LogP contribution is 2.36. The van der Waals surface area contributed by atoms with E-state index in [2.05, 4.69) is 14.8 Å². The second kappa shape index (κ2) is 8.31. The number of nitrogens with zero attached hydrogens (tertiary/aromatic N) is 3. The molecule has 1 fully saturated rings. The van der Waals surface area contributed by atoms with E-state index in [9.17, 15) is 18.6 Å². The van der Waals surface area contributed by atoms with E-state index >= 15 is 0 Å². The minimum atomic E-state index is -3.92. The lowest BCUT2D eigenvalue weighted by atomic mass is 9.83. The Hall–Kier alpha value is -2.05. The highest BCUT2D eigenvalue weighted by atomic mass is 32.2. The number of rotatable bonds is 6. The summed E-state index contributed by atoms with van der Waals surface area (Å²) in [4.78, 5) is 5.20. The first-order valence-corrected chi connectivity index (χ1v) is 13.1. The lowest BCUT2D eigenvalue weighted by molar-refractivity contribution is 0.0773. The first kappa shape index (κ1) is 24.1. The molecule has 4 rings (SSSR count). The summed E-state index contributed by atoms with van der Waals surface area (Å²) in [7, 11) is -2.48. The van der Waals surface area contributed by atoms with E-state index in [1.54, 1.807) is 36.6 Å². The van der Waals surface area contributed by atoms with Gasteiger partial charge in [0.1, 0.15) is 21.3 Å². The third kappa shape index (κ3) is 4.65. The van der Waals surface area contributed by atoms with Crippen LogP contribution in [0.2, 0.25) is 0 Å². The molecule has 0 bridgehead atoms. The Kier molecular flexibility index (Phi) is 6.07. The Morgan fingerprint density at radius 1 is 1.30 bits per heavy atom. The number of methoxy groups -OCH3 is 1. The quantitative estimate of drug-likeness (QED) is 0.481. The van der Waals surface area contributed by atoms with Crippen molar-refractivity contribution in [2.45, 2.75) is 75.5 Å². The Morgan fingerprint density at radius 3 is 2.58 bits per heavy atom. The smallest absolute Gasteiger partial charge is 0.244 e. The van der Waals surface area contributed by atoms with Crippen molar-refractivity contribution in [3.8, 4) is 17.0 Å². The largest absolute Gasteiger partial charge is 0.495 e. The van der Waals surface area contributed by atoms with Crippen LogP contribution in [0.4, 0.5) is 0 Å². The van der Waals surface area contributed by atoms with Crippen LogP contribution >= 0.6 is 11.3 Å². The number of nitrogens with one attached hydrogen (secondary N) is 1. The molecule has 0 spiro atoms. The van der Waals surface area contributed by atoms with Crippen LogP contribution in [0.15, 0.2) is 23.1 Å². The van der Waals surface area contributed by atoms with Gasteiger partial charge in [-0.25, -0.2) is 22.6 Å². The monoisotopic (exact) mass is 494 g/mol. The van der Waals surface area contributed by atoms with Crippen molar-refractivity contribution in [1.82, 2.24) is 19.3 Å². The molecule has 180 valence electrons. The Balaban J connectivity index is 1.78. The zero-order chi connectivity index (χ0) is 24.2. The summed E-state index contributed by atoms with van der Waals surface area (Å²) in [5, 5.41) is 25.2. The van der Waals surface area contributed by atoms with E-state index in [1.165, 1.54) is 18.4 Å². The van der Waals surface area contributed by atoms with Gasteiger partial charge < -0.3 is 14.9 Å². The second-order valence-corrected chi connectivity index (χ2v) is 12.1. The fraction of sp³-hybridized carbons (Fsp3) is 0.545. The molecule has 2 aromatic heterocycles. The van der Waals surface area contributed by atoms with Gasteiger partial charge in [0.05, 0.1) is 24.6 Å². The molecule has 2 heterocycles. The Morgan fingerprint density at radius 2 is 1.97 bits per heavy atom. The maximum Gasteiger partial charge on any atom is 0.244 e. The van der Waals surface area contributed by atoms with Gasteiger partial charge in [-0.15, -0.1) is 0 Å². The van der Waals surface area contributed by atoms with Crippen LogP contribution in [-0.4, -0.2) is 52.0 Å². The van der Waals surface area contributed by atoms with E-state index < -0.39 is 21.2 Å². The predicted octanol–water partition coefficient (Wildman–Crippen LogP) is 2.97. The first-order valence-electron chi connectivity index (χ1n) is 10.8. The number of hydrogen-bond acceptors (Lipinski definition) is 8. The van der Waals surface area contributed by atoms with Gasteiger partial charge in [0.15, 0.2) is 0 Å². The third-order valence-electron chi connectivity index (χ3n) is 6.07. The van der Waals surface area contributed by atoms with E-state index in [0.717, 1.165) is 0 Å². The van der Waals surface area contributed by atoms with E-state index in [-0.39, 0.29) is 16.7 Å². The second-order valence-electron chi connectivity index (χ2n) is 9.47. The zero-order valence-corrected chi connectivity index (χ0v) is 21.0. The molecular formula is C22H30N4O5S2. The van der Waals surface area contributed by atoms with Gasteiger partial charge in [-0.3, -0.25) is 0 Å². The minimum absolute atomic E-state index is 0.0298. The molecule has 0 aliphatic heterocycles. The number of fused-ring (bicyclic) bond motifs is 1. The van der Waals surface area contributed by atoms with Crippen molar-refractivity contribution >= 4 is 26.3 Å². The molecule has 1 aliphatic rings. The maximum absolute atomic E-state index is 13.5. The van der Waals surface area contributed by atoms with Gasteiger partial charge in [-0.2, -0.15) is 5.10 Å². The summed E-state index contributed by atoms with van der Waals surface area (Å²) in [5.74, 6) is 0.236. The van der Waals surface area contributed by atoms with Crippen LogP contribution < -0.4 is 9.46 Å². The van der Waals surface area contributed by atoms with Crippen molar-refractivity contribution in [2.24, 2.45) is 0 Å². The predicted molar refractivity (Wildman–Crippen MR) is 126 cm³/mol. The molecule has 0 radical (unpaired) electrons. The Labute approximate surface area is 197 Å². The van der Waals surface area contributed by atoms with Crippen molar-refractivity contribution < 1.29 is 23.4 Å². The van der Waals surface area contributed by atoms with Crippen LogP contribution in [0, 0.1) is 6.92 Å². The summed E-state index contributed by atoms with van der Waals surface area (Å²) in [5.41, 5.74) is 0.222. The maximum atomic E-state index is 13.5. The first-order chi connectivity index (χ1) is 15.3. The van der Waals surface area contributed by atoms with E-state index in [4.69, 9.17) is 4.74 Å². The van der Waals surface area contributed by atoms with Gasteiger partial charge in [0.2, 0.25) is 15.0 Å². The van der Waals surface area contributed by atoms with E-state index in [1.807, 2.05) is 13.8 Å². The lowest BCUT2D eigenvalue weighted by Gasteiger charge is -2.36. The van der Waals surface area contributed by atoms with Crippen LogP contribution in [0.3, 0.4) is 0 Å². The standard InChI is InChI=1S/C22H30N4O5S2/c1-13-18(26-20(23-13)32-19(24-26)21(2,3)28)14-6-7-16(31-5)17(12-14)33(29,30)25-22(4)10-8-15(27)9-11-22/h6-7,12,15,25,27-28H,8-11H2,1-5H3. The number of imidazole rings is 1. The summed E-state index contributed by atoms with van der Waals surface area (Å²) < 4.78 is 36.8. The van der Waals surface area contributed by atoms with Crippen LogP contribution in [0.5, 0.6) is 5.75 Å². The summed E-state index contributed by atoms with van der Waals surface area (Å²) in [6.07, 6.45) is 1.82. The van der Waals surface area contributed by atoms with Crippen molar-refractivity contribution in [1.29, 1.82) is 0 Å². The van der Waals surface area contributed by atoms with Crippen LogP contribution in [0.25, 0.3) is 16.2 Å². The summed E-state index contributed by atoms with van der Waals surface area (Å²) >= 11 is 1.29. The average molecular weight is 495 g/mol. The van der Waals surface area contributed by atoms with Crippen LogP contribution in [-0.2, 0) is 15.6 Å². The zero-order valence-electron chi connectivity index (χ0n) is 19.4. The molecule has 0 atom stereocenters. The highest BCUT2D eigenvalue weighted by molar-refractivity contribution is 7.89. The lowest BCUT2D eigenvalue weighted by Crippen LogP contribution is -2.48. The minimum Gasteiger partial charge on any atom is -0.495 e. The number of ether oxygens (including phenoxy) is 1. The number of aromatic nitrogens is 3. The van der Waals surface area contributed by atoms with Gasteiger partial charge in [0, 0.05) is 11.1 Å². The van der Waals surface area contributed by atoms with Crippen LogP contribution in [0.1, 0.15) is 57.2 Å². The molecule has 3 aromatic rings. The van der Waals surface area contributed by atoms with Gasteiger partial charge in [0.25, 0.3) is 0 Å². The molecule has 1 aromatic carbocycles. The molecule has 33 heavy (non-hydrogen) atoms. The number of aliphatic hydroxyl groups is 2. The molecule has 1 saturated carbocycles. The normalized spacial score (nSPS) is 22.1.